The number of carbonyl (C=O) groups excluding carboxylic acids is 1. The van der Waals surface area contributed by atoms with E-state index < -0.39 is 16.0 Å². The van der Waals surface area contributed by atoms with E-state index in [9.17, 15) is 18.0 Å². The van der Waals surface area contributed by atoms with Gasteiger partial charge in [-0.05, 0) is 60.8 Å². The molecule has 0 spiro atoms. The molecule has 0 aliphatic carbocycles. The highest BCUT2D eigenvalue weighted by Crippen LogP contribution is 2.23. The Morgan fingerprint density at radius 3 is 2.61 bits per heavy atom. The van der Waals surface area contributed by atoms with Gasteiger partial charge in [-0.2, -0.15) is 4.31 Å². The maximum Gasteiger partial charge on any atom is 0.337 e. The van der Waals surface area contributed by atoms with E-state index in [4.69, 9.17) is 9.15 Å². The lowest BCUT2D eigenvalue weighted by atomic mass is 10.1. The maximum atomic E-state index is 13.6. The van der Waals surface area contributed by atoms with Crippen molar-refractivity contribution in [3.8, 4) is 0 Å². The number of esters is 1. The van der Waals surface area contributed by atoms with Gasteiger partial charge in [0.15, 0.2) is 0 Å². The highest BCUT2D eigenvalue weighted by molar-refractivity contribution is 7.89. The lowest BCUT2D eigenvalue weighted by molar-refractivity contribution is 0.0600. The minimum absolute atomic E-state index is 0.0926. The molecule has 0 unspecified atom stereocenters. The second kappa shape index (κ2) is 9.05. The molecule has 4 rings (SSSR count). The molecule has 1 N–H and O–H groups in total. The average Bonchev–Trinajstić information content (AvgIpc) is 3.32. The zero-order valence-corrected chi connectivity index (χ0v) is 18.9. The Hall–Kier alpha value is -3.69. The van der Waals surface area contributed by atoms with Crippen molar-refractivity contribution in [1.82, 2.24) is 9.29 Å². The Labute approximate surface area is 190 Å². The first-order valence-electron chi connectivity index (χ1n) is 10.1. The summed E-state index contributed by atoms with van der Waals surface area (Å²) in [5.74, 6) is -0.235. The van der Waals surface area contributed by atoms with Crippen LogP contribution in [0.1, 0.15) is 27.2 Å². The van der Waals surface area contributed by atoms with Crippen LogP contribution in [0.3, 0.4) is 0 Å². The number of rotatable bonds is 7. The molecule has 0 bridgehead atoms. The molecular formula is C24H22N2O6S. The molecule has 4 aromatic rings. The molecule has 0 radical (unpaired) electrons. The number of benzene rings is 2. The number of aromatic amines is 1. The second-order valence-electron chi connectivity index (χ2n) is 7.59. The number of furan rings is 1. The molecule has 0 amide bonds. The monoisotopic (exact) mass is 466 g/mol. The molecule has 9 heteroatoms. The van der Waals surface area contributed by atoms with E-state index in [1.165, 1.54) is 37.6 Å². The maximum absolute atomic E-state index is 13.6. The minimum atomic E-state index is -4.11. The Balaban J connectivity index is 1.77. The summed E-state index contributed by atoms with van der Waals surface area (Å²) in [7, 11) is -2.88. The zero-order chi connectivity index (χ0) is 23.6. The topological polar surface area (TPSA) is 110 Å². The van der Waals surface area contributed by atoms with Crippen LogP contribution in [0.25, 0.3) is 10.9 Å². The van der Waals surface area contributed by atoms with E-state index in [-0.39, 0.29) is 34.7 Å². The van der Waals surface area contributed by atoms with Gasteiger partial charge >= 0.3 is 5.97 Å². The average molecular weight is 467 g/mol. The first kappa shape index (κ1) is 22.5. The number of nitrogens with one attached hydrogen (secondary N) is 1. The van der Waals surface area contributed by atoms with Crippen LogP contribution in [-0.2, 0) is 27.8 Å². The van der Waals surface area contributed by atoms with Crippen LogP contribution in [-0.4, -0.2) is 30.8 Å². The van der Waals surface area contributed by atoms with E-state index in [1.807, 2.05) is 25.1 Å². The molecule has 2 heterocycles. The van der Waals surface area contributed by atoms with Crippen LogP contribution in [0.15, 0.2) is 81.0 Å². The number of H-pyrrole nitrogens is 1. The molecule has 0 fully saturated rings. The van der Waals surface area contributed by atoms with Crippen molar-refractivity contribution in [2.24, 2.45) is 0 Å². The van der Waals surface area contributed by atoms with Gasteiger partial charge in [-0.25, -0.2) is 13.2 Å². The van der Waals surface area contributed by atoms with E-state index in [1.54, 1.807) is 18.2 Å². The van der Waals surface area contributed by atoms with Crippen LogP contribution >= 0.6 is 0 Å². The lowest BCUT2D eigenvalue weighted by Crippen LogP contribution is -2.32. The van der Waals surface area contributed by atoms with E-state index in [2.05, 4.69) is 4.98 Å². The molecule has 8 nitrogen and oxygen atoms in total. The van der Waals surface area contributed by atoms with Crippen molar-refractivity contribution in [3.63, 3.8) is 0 Å². The van der Waals surface area contributed by atoms with Crippen LogP contribution in [0.4, 0.5) is 0 Å². The van der Waals surface area contributed by atoms with Crippen molar-refractivity contribution < 1.29 is 22.4 Å². The quantitative estimate of drug-likeness (QED) is 0.417. The fourth-order valence-corrected chi connectivity index (χ4v) is 4.96. The first-order chi connectivity index (χ1) is 15.8. The number of methoxy groups -OCH3 is 1. The smallest absolute Gasteiger partial charge is 0.337 e. The number of hydrogen-bond acceptors (Lipinski definition) is 6. The number of nitrogens with zero attached hydrogens (tertiary/aromatic N) is 1. The highest BCUT2D eigenvalue weighted by atomic mass is 32.2. The predicted molar refractivity (Wildman–Crippen MR) is 122 cm³/mol. The van der Waals surface area contributed by atoms with E-state index >= 15 is 0 Å². The van der Waals surface area contributed by atoms with Crippen molar-refractivity contribution in [2.75, 3.05) is 7.11 Å². The summed E-state index contributed by atoms with van der Waals surface area (Å²) in [4.78, 5) is 27.4. The molecule has 33 heavy (non-hydrogen) atoms. The van der Waals surface area contributed by atoms with Crippen molar-refractivity contribution >= 4 is 26.9 Å². The van der Waals surface area contributed by atoms with Gasteiger partial charge in [0, 0.05) is 17.6 Å². The summed E-state index contributed by atoms with van der Waals surface area (Å²) in [5.41, 5.74) is 1.69. The normalized spacial score (nSPS) is 11.7. The van der Waals surface area contributed by atoms with Crippen molar-refractivity contribution in [3.05, 3.63) is 99.7 Å². The third-order valence-electron chi connectivity index (χ3n) is 5.23. The van der Waals surface area contributed by atoms with E-state index in [0.717, 1.165) is 15.3 Å². The Kier molecular flexibility index (Phi) is 6.17. The molecule has 2 aromatic heterocycles. The lowest BCUT2D eigenvalue weighted by Gasteiger charge is -2.21. The molecule has 0 aliphatic rings. The van der Waals surface area contributed by atoms with Gasteiger partial charge in [0.25, 0.3) is 5.56 Å². The molecular weight excluding hydrogens is 444 g/mol. The van der Waals surface area contributed by atoms with Crippen molar-refractivity contribution in [1.29, 1.82) is 0 Å². The minimum Gasteiger partial charge on any atom is -0.468 e. The Morgan fingerprint density at radius 1 is 1.06 bits per heavy atom. The van der Waals surface area contributed by atoms with Gasteiger partial charge in [-0.15, -0.1) is 0 Å². The fourth-order valence-electron chi connectivity index (χ4n) is 3.53. The number of fused-ring (bicyclic) bond motifs is 1. The summed E-state index contributed by atoms with van der Waals surface area (Å²) < 4.78 is 38.4. The van der Waals surface area contributed by atoms with Gasteiger partial charge in [0.1, 0.15) is 5.76 Å². The van der Waals surface area contributed by atoms with Gasteiger partial charge in [-0.1, -0.05) is 17.7 Å². The van der Waals surface area contributed by atoms with Gasteiger partial charge < -0.3 is 14.1 Å². The third kappa shape index (κ3) is 4.74. The fraction of sp³-hybridized carbons (Fsp3) is 0.167. The number of sulfonamides is 1. The summed E-state index contributed by atoms with van der Waals surface area (Å²) >= 11 is 0. The molecule has 0 atom stereocenters. The summed E-state index contributed by atoms with van der Waals surface area (Å²) in [6.07, 6.45) is 1.45. The molecule has 0 saturated carbocycles. The SMILES string of the molecule is COC(=O)c1cccc(S(=O)(=O)N(Cc2ccco2)Cc2cc3cc(C)ccc3[nH]c2=O)c1. The van der Waals surface area contributed by atoms with Crippen LogP contribution in [0.5, 0.6) is 0 Å². The molecule has 170 valence electrons. The standard InChI is InChI=1S/C24H22N2O6S/c1-16-8-9-22-18(11-16)12-19(23(27)25-22)14-26(15-20-6-4-10-32-20)33(29,30)21-7-3-5-17(13-21)24(28)31-2/h3-13H,14-15H2,1-2H3,(H,25,27). The van der Waals surface area contributed by atoms with Crippen LogP contribution in [0.2, 0.25) is 0 Å². The van der Waals surface area contributed by atoms with Crippen molar-refractivity contribution in [2.45, 2.75) is 24.9 Å². The van der Waals surface area contributed by atoms with Crippen LogP contribution < -0.4 is 5.56 Å². The number of hydrogen-bond donors (Lipinski definition) is 1. The number of ether oxygens (including phenoxy) is 1. The molecule has 0 saturated heterocycles. The molecule has 2 aromatic carbocycles. The van der Waals surface area contributed by atoms with E-state index in [0.29, 0.717) is 11.3 Å². The van der Waals surface area contributed by atoms with Gasteiger partial charge in [0.2, 0.25) is 10.0 Å². The Bertz CT molecular complexity index is 1470. The Morgan fingerprint density at radius 2 is 1.88 bits per heavy atom. The highest BCUT2D eigenvalue weighted by Gasteiger charge is 2.27. The number of aromatic nitrogens is 1. The largest absolute Gasteiger partial charge is 0.468 e. The van der Waals surface area contributed by atoms with Crippen LogP contribution in [0, 0.1) is 6.92 Å². The second-order valence-corrected chi connectivity index (χ2v) is 9.52. The summed E-state index contributed by atoms with van der Waals surface area (Å²) in [6, 6.07) is 16.2. The first-order valence-corrected chi connectivity index (χ1v) is 11.6. The molecule has 0 aliphatic heterocycles. The number of carbonyl (C=O) groups is 1. The van der Waals surface area contributed by atoms with Gasteiger partial charge in [-0.3, -0.25) is 4.79 Å². The summed E-state index contributed by atoms with van der Waals surface area (Å²) in [5, 5.41) is 0.799. The number of pyridine rings is 1. The van der Waals surface area contributed by atoms with Gasteiger partial charge in [0.05, 0.1) is 30.4 Å². The zero-order valence-electron chi connectivity index (χ0n) is 18.1. The summed E-state index contributed by atoms with van der Waals surface area (Å²) in [6.45, 7) is 1.65. The predicted octanol–water partition coefficient (Wildman–Crippen LogP) is 3.61. The third-order valence-corrected chi connectivity index (χ3v) is 7.02. The number of aryl methyl sites for hydroxylation is 1.